The van der Waals surface area contributed by atoms with Crippen molar-refractivity contribution in [1.29, 1.82) is 0 Å². The molecule has 0 saturated heterocycles. The van der Waals surface area contributed by atoms with Crippen LogP contribution in [0.2, 0.25) is 0 Å². The van der Waals surface area contributed by atoms with Gasteiger partial charge >= 0.3 is 0 Å². The Balaban J connectivity index is 2.47. The summed E-state index contributed by atoms with van der Waals surface area (Å²) >= 11 is 0. The molecular weight excluding hydrogens is 200 g/mol. The van der Waals surface area contributed by atoms with Crippen molar-refractivity contribution in [2.75, 3.05) is 20.2 Å². The topological polar surface area (TPSA) is 12.5 Å². The molecule has 0 atom stereocenters. The molecule has 4 heteroatoms. The maximum absolute atomic E-state index is 12.7. The van der Waals surface area contributed by atoms with E-state index in [0.717, 1.165) is 18.2 Å². The first-order valence-electron chi connectivity index (χ1n) is 4.53. The minimum absolute atomic E-state index is 0.199. The van der Waals surface area contributed by atoms with Crippen LogP contribution in [-0.2, 0) is 0 Å². The van der Waals surface area contributed by atoms with E-state index in [2.05, 4.69) is 6.58 Å². The van der Waals surface area contributed by atoms with E-state index in [4.69, 9.17) is 4.74 Å². The fourth-order valence-corrected chi connectivity index (χ4v) is 1.01. The summed E-state index contributed by atoms with van der Waals surface area (Å²) in [5, 5.41) is 0. The molecule has 0 amide bonds. The van der Waals surface area contributed by atoms with Crippen LogP contribution in [0.15, 0.2) is 31.0 Å². The lowest BCUT2D eigenvalue weighted by molar-refractivity contribution is 0.272. The zero-order chi connectivity index (χ0) is 11.3. The summed E-state index contributed by atoms with van der Waals surface area (Å²) in [5.41, 5.74) is 0. The molecule has 0 bridgehead atoms. The molecule has 0 radical (unpaired) electrons. The number of likely N-dealkylation sites (N-methyl/N-ethyl adjacent to an activating group) is 1. The lowest BCUT2D eigenvalue weighted by Crippen LogP contribution is -2.18. The predicted octanol–water partition coefficient (Wildman–Crippen LogP) is 2.42. The molecule has 0 unspecified atom stereocenters. The highest BCUT2D eigenvalue weighted by Gasteiger charge is 2.01. The standard InChI is InChI=1S/C11H13F2NO/c1-3-14(2)4-5-15-11-7-9(12)6-10(13)8-11/h3,6-8H,1,4-5H2,2H3. The van der Waals surface area contributed by atoms with Crippen LogP contribution in [0.3, 0.4) is 0 Å². The highest BCUT2D eigenvalue weighted by molar-refractivity contribution is 5.23. The number of rotatable bonds is 5. The van der Waals surface area contributed by atoms with E-state index in [9.17, 15) is 8.78 Å². The van der Waals surface area contributed by atoms with Gasteiger partial charge in [0.05, 0.1) is 6.54 Å². The maximum Gasteiger partial charge on any atom is 0.129 e. The first-order chi connectivity index (χ1) is 7.11. The second-order valence-electron chi connectivity index (χ2n) is 3.12. The van der Waals surface area contributed by atoms with Gasteiger partial charge in [0, 0.05) is 25.2 Å². The van der Waals surface area contributed by atoms with Gasteiger partial charge in [0.25, 0.3) is 0 Å². The van der Waals surface area contributed by atoms with Crippen molar-refractivity contribution in [3.05, 3.63) is 42.6 Å². The van der Waals surface area contributed by atoms with Gasteiger partial charge in [-0.3, -0.25) is 0 Å². The second-order valence-corrected chi connectivity index (χ2v) is 3.12. The molecule has 0 saturated carbocycles. The van der Waals surface area contributed by atoms with E-state index in [-0.39, 0.29) is 5.75 Å². The average molecular weight is 213 g/mol. The normalized spacial score (nSPS) is 9.80. The summed E-state index contributed by atoms with van der Waals surface area (Å²) in [7, 11) is 1.84. The van der Waals surface area contributed by atoms with E-state index >= 15 is 0 Å². The highest BCUT2D eigenvalue weighted by atomic mass is 19.1. The Morgan fingerprint density at radius 2 is 1.93 bits per heavy atom. The van der Waals surface area contributed by atoms with Crippen molar-refractivity contribution in [2.45, 2.75) is 0 Å². The van der Waals surface area contributed by atoms with E-state index < -0.39 is 11.6 Å². The molecule has 0 aliphatic rings. The van der Waals surface area contributed by atoms with Gasteiger partial charge in [-0.25, -0.2) is 8.78 Å². The van der Waals surface area contributed by atoms with E-state index in [0.29, 0.717) is 13.2 Å². The zero-order valence-corrected chi connectivity index (χ0v) is 8.54. The van der Waals surface area contributed by atoms with Gasteiger partial charge in [-0.15, -0.1) is 0 Å². The van der Waals surface area contributed by atoms with Crippen molar-refractivity contribution in [3.8, 4) is 5.75 Å². The summed E-state index contributed by atoms with van der Waals surface area (Å²) in [6.07, 6.45) is 1.65. The molecule has 1 aromatic rings. The van der Waals surface area contributed by atoms with Crippen LogP contribution in [0, 0.1) is 11.6 Å². The van der Waals surface area contributed by atoms with Crippen LogP contribution in [0.5, 0.6) is 5.75 Å². The Hall–Kier alpha value is -1.58. The second kappa shape index (κ2) is 5.34. The van der Waals surface area contributed by atoms with Gasteiger partial charge in [0.15, 0.2) is 0 Å². The Labute approximate surface area is 87.8 Å². The smallest absolute Gasteiger partial charge is 0.129 e. The molecule has 15 heavy (non-hydrogen) atoms. The van der Waals surface area contributed by atoms with Crippen LogP contribution >= 0.6 is 0 Å². The first-order valence-corrected chi connectivity index (χ1v) is 4.53. The van der Waals surface area contributed by atoms with Crippen LogP contribution in [0.25, 0.3) is 0 Å². The zero-order valence-electron chi connectivity index (χ0n) is 8.54. The molecule has 0 aromatic heterocycles. The molecule has 0 aliphatic carbocycles. The third-order valence-electron chi connectivity index (χ3n) is 1.86. The van der Waals surface area contributed by atoms with Crippen LogP contribution in [0.1, 0.15) is 0 Å². The number of hydrogen-bond donors (Lipinski definition) is 0. The van der Waals surface area contributed by atoms with E-state index in [1.165, 1.54) is 0 Å². The number of benzene rings is 1. The average Bonchev–Trinajstić information content (AvgIpc) is 2.16. The molecule has 1 rings (SSSR count). The quantitative estimate of drug-likeness (QED) is 0.744. The lowest BCUT2D eigenvalue weighted by Gasteiger charge is -2.13. The van der Waals surface area contributed by atoms with Crippen molar-refractivity contribution in [1.82, 2.24) is 4.90 Å². The van der Waals surface area contributed by atoms with Crippen LogP contribution < -0.4 is 4.74 Å². The largest absolute Gasteiger partial charge is 0.492 e. The van der Waals surface area contributed by atoms with E-state index in [1.54, 1.807) is 6.20 Å². The minimum atomic E-state index is -0.637. The fraction of sp³-hybridized carbons (Fsp3) is 0.273. The van der Waals surface area contributed by atoms with Gasteiger partial charge < -0.3 is 9.64 Å². The Kier molecular flexibility index (Phi) is 4.09. The molecule has 0 N–H and O–H groups in total. The molecular formula is C11H13F2NO. The predicted molar refractivity (Wildman–Crippen MR) is 54.7 cm³/mol. The molecule has 0 aliphatic heterocycles. The maximum atomic E-state index is 12.7. The van der Waals surface area contributed by atoms with E-state index in [1.807, 2.05) is 11.9 Å². The Morgan fingerprint density at radius 3 is 2.47 bits per heavy atom. The number of ether oxygens (including phenoxy) is 1. The van der Waals surface area contributed by atoms with Gasteiger partial charge in [0.2, 0.25) is 0 Å². The third kappa shape index (κ3) is 3.97. The number of hydrogen-bond acceptors (Lipinski definition) is 2. The molecule has 0 spiro atoms. The summed E-state index contributed by atoms with van der Waals surface area (Å²) in [4.78, 5) is 1.82. The molecule has 1 aromatic carbocycles. The summed E-state index contributed by atoms with van der Waals surface area (Å²) < 4.78 is 30.6. The molecule has 0 fully saturated rings. The number of halogens is 2. The summed E-state index contributed by atoms with van der Waals surface area (Å²) in [5.74, 6) is -1.07. The van der Waals surface area contributed by atoms with Crippen molar-refractivity contribution in [2.24, 2.45) is 0 Å². The van der Waals surface area contributed by atoms with Crippen molar-refractivity contribution in [3.63, 3.8) is 0 Å². The Morgan fingerprint density at radius 1 is 1.33 bits per heavy atom. The molecule has 0 heterocycles. The Bertz CT molecular complexity index is 321. The fourth-order valence-electron chi connectivity index (χ4n) is 1.01. The molecule has 2 nitrogen and oxygen atoms in total. The monoisotopic (exact) mass is 213 g/mol. The third-order valence-corrected chi connectivity index (χ3v) is 1.86. The van der Waals surface area contributed by atoms with Gasteiger partial charge in [-0.1, -0.05) is 6.58 Å². The van der Waals surface area contributed by atoms with Crippen LogP contribution in [-0.4, -0.2) is 25.1 Å². The van der Waals surface area contributed by atoms with Crippen molar-refractivity contribution < 1.29 is 13.5 Å². The van der Waals surface area contributed by atoms with Gasteiger partial charge in [0.1, 0.15) is 24.0 Å². The summed E-state index contributed by atoms with van der Waals surface area (Å²) in [6, 6.07) is 3.11. The lowest BCUT2D eigenvalue weighted by atomic mass is 10.3. The van der Waals surface area contributed by atoms with Gasteiger partial charge in [-0.05, 0) is 6.20 Å². The minimum Gasteiger partial charge on any atom is -0.492 e. The summed E-state index contributed by atoms with van der Waals surface area (Å²) in [6.45, 7) is 4.53. The number of nitrogens with zero attached hydrogens (tertiary/aromatic N) is 1. The SMILES string of the molecule is C=CN(C)CCOc1cc(F)cc(F)c1. The van der Waals surface area contributed by atoms with Gasteiger partial charge in [-0.2, -0.15) is 0 Å². The highest BCUT2D eigenvalue weighted by Crippen LogP contribution is 2.14. The van der Waals surface area contributed by atoms with Crippen LogP contribution in [0.4, 0.5) is 8.78 Å². The molecule has 82 valence electrons. The van der Waals surface area contributed by atoms with Crippen molar-refractivity contribution >= 4 is 0 Å². The first kappa shape index (κ1) is 11.5.